The molecule has 0 bridgehead atoms. The highest BCUT2D eigenvalue weighted by Crippen LogP contribution is 2.07. The molecule has 0 fully saturated rings. The molecule has 5 unspecified atom stereocenters. The molecule has 0 rings (SSSR count). The van der Waals surface area contributed by atoms with Crippen molar-refractivity contribution in [2.24, 2.45) is 11.7 Å². The molecule has 0 saturated heterocycles. The summed E-state index contributed by atoms with van der Waals surface area (Å²) in [6.45, 7) is 4.01. The van der Waals surface area contributed by atoms with Crippen molar-refractivity contribution in [3.8, 4) is 0 Å². The molecule has 0 spiro atoms. The fraction of sp³-hybridized carbons (Fsp3) is 0.750. The van der Waals surface area contributed by atoms with Crippen LogP contribution in [0.3, 0.4) is 0 Å². The van der Waals surface area contributed by atoms with Gasteiger partial charge in [0.1, 0.15) is 18.1 Å². The molecule has 11 nitrogen and oxygen atoms in total. The van der Waals surface area contributed by atoms with E-state index in [-0.39, 0.29) is 18.1 Å². The van der Waals surface area contributed by atoms with Crippen LogP contribution in [-0.2, 0) is 19.2 Å². The maximum Gasteiger partial charge on any atom is 0.328 e. The summed E-state index contributed by atoms with van der Waals surface area (Å²) in [5.74, 6) is -3.74. The Kier molecular flexibility index (Phi) is 11.7. The van der Waals surface area contributed by atoms with Crippen molar-refractivity contribution in [2.45, 2.75) is 57.5 Å². The first kappa shape index (κ1) is 26.1. The Bertz CT molecular complexity index is 559. The molecule has 0 heterocycles. The van der Waals surface area contributed by atoms with Crippen LogP contribution in [0, 0.1) is 5.92 Å². The third-order valence-electron chi connectivity index (χ3n) is 3.73. The summed E-state index contributed by atoms with van der Waals surface area (Å²) in [6, 6.07) is -5.04. The SMILES string of the molecule is CC(C)CC(NC(=O)C(N)CS)C(=O)NC(C(=O)NC(CO)C(=O)O)C(C)O. The number of hydrogen-bond acceptors (Lipinski definition) is 8. The lowest BCUT2D eigenvalue weighted by atomic mass is 10.0. The van der Waals surface area contributed by atoms with E-state index in [2.05, 4.69) is 23.3 Å². The second kappa shape index (κ2) is 12.5. The molecular formula is C16H30N4O7S. The average molecular weight is 423 g/mol. The summed E-state index contributed by atoms with van der Waals surface area (Å²) in [5.41, 5.74) is 5.59. The van der Waals surface area contributed by atoms with E-state index in [4.69, 9.17) is 15.9 Å². The third-order valence-corrected chi connectivity index (χ3v) is 4.13. The molecule has 0 radical (unpaired) electrons. The van der Waals surface area contributed by atoms with Crippen LogP contribution in [0.1, 0.15) is 27.2 Å². The molecule has 5 atom stereocenters. The van der Waals surface area contributed by atoms with Gasteiger partial charge in [-0.2, -0.15) is 12.6 Å². The number of hydrogen-bond donors (Lipinski definition) is 8. The minimum atomic E-state index is -1.59. The molecule has 12 heteroatoms. The molecule has 0 aromatic carbocycles. The van der Waals surface area contributed by atoms with Crippen molar-refractivity contribution in [1.29, 1.82) is 0 Å². The Morgan fingerprint density at radius 3 is 1.89 bits per heavy atom. The Hall–Kier alpha value is -1.89. The summed E-state index contributed by atoms with van der Waals surface area (Å²) in [6.07, 6.45) is -1.13. The number of carboxylic acids is 1. The number of carbonyl (C=O) groups is 4. The number of aliphatic carboxylic acids is 1. The molecule has 0 aromatic rings. The lowest BCUT2D eigenvalue weighted by molar-refractivity contribution is -0.144. The van der Waals surface area contributed by atoms with Crippen LogP contribution in [0.4, 0.5) is 0 Å². The summed E-state index contributed by atoms with van der Waals surface area (Å²) in [5, 5.41) is 34.5. The second-order valence-corrected chi connectivity index (χ2v) is 7.15. The number of carboxylic acid groups (broad SMARTS) is 1. The summed E-state index contributed by atoms with van der Waals surface area (Å²) in [7, 11) is 0. The normalized spacial score (nSPS) is 16.4. The highest BCUT2D eigenvalue weighted by Gasteiger charge is 2.32. The van der Waals surface area contributed by atoms with E-state index in [1.807, 2.05) is 19.2 Å². The smallest absolute Gasteiger partial charge is 0.328 e. The molecule has 162 valence electrons. The van der Waals surface area contributed by atoms with Crippen molar-refractivity contribution in [3.63, 3.8) is 0 Å². The van der Waals surface area contributed by atoms with Gasteiger partial charge in [0, 0.05) is 5.75 Å². The predicted molar refractivity (Wildman–Crippen MR) is 103 cm³/mol. The Balaban J connectivity index is 5.30. The fourth-order valence-electron chi connectivity index (χ4n) is 2.17. The van der Waals surface area contributed by atoms with Crippen molar-refractivity contribution in [3.05, 3.63) is 0 Å². The van der Waals surface area contributed by atoms with Crippen molar-refractivity contribution >= 4 is 36.3 Å². The molecule has 0 aliphatic rings. The number of aliphatic hydroxyl groups is 2. The van der Waals surface area contributed by atoms with Gasteiger partial charge >= 0.3 is 5.97 Å². The number of carbonyl (C=O) groups excluding carboxylic acids is 3. The van der Waals surface area contributed by atoms with Crippen LogP contribution >= 0.6 is 12.6 Å². The van der Waals surface area contributed by atoms with E-state index in [0.29, 0.717) is 0 Å². The van der Waals surface area contributed by atoms with Gasteiger partial charge in [0.15, 0.2) is 0 Å². The van der Waals surface area contributed by atoms with E-state index in [1.54, 1.807) is 0 Å². The number of rotatable bonds is 12. The van der Waals surface area contributed by atoms with Gasteiger partial charge in [-0.15, -0.1) is 0 Å². The topological polar surface area (TPSA) is 191 Å². The first-order valence-electron chi connectivity index (χ1n) is 8.73. The number of amides is 3. The minimum Gasteiger partial charge on any atom is -0.480 e. The van der Waals surface area contributed by atoms with E-state index in [9.17, 15) is 24.3 Å². The Morgan fingerprint density at radius 2 is 1.50 bits per heavy atom. The maximum atomic E-state index is 12.6. The standard InChI is InChI=1S/C16H30N4O7S/c1-7(2)4-10(18-13(23)9(17)6-28)14(24)20-12(8(3)22)15(25)19-11(5-21)16(26)27/h7-12,21-22,28H,4-6,17H2,1-3H3,(H,18,23)(H,19,25)(H,20,24)(H,26,27). The van der Waals surface area contributed by atoms with Crippen LogP contribution < -0.4 is 21.7 Å². The highest BCUT2D eigenvalue weighted by molar-refractivity contribution is 7.80. The molecule has 0 saturated carbocycles. The largest absolute Gasteiger partial charge is 0.480 e. The highest BCUT2D eigenvalue weighted by atomic mass is 32.1. The van der Waals surface area contributed by atoms with E-state index in [1.165, 1.54) is 6.92 Å². The summed E-state index contributed by atoms with van der Waals surface area (Å²) < 4.78 is 0. The first-order valence-corrected chi connectivity index (χ1v) is 9.37. The fourth-order valence-corrected chi connectivity index (χ4v) is 2.34. The van der Waals surface area contributed by atoms with Gasteiger partial charge in [-0.3, -0.25) is 14.4 Å². The lowest BCUT2D eigenvalue weighted by Gasteiger charge is -2.26. The number of aliphatic hydroxyl groups excluding tert-OH is 2. The van der Waals surface area contributed by atoms with Crippen molar-refractivity contribution in [2.75, 3.05) is 12.4 Å². The van der Waals surface area contributed by atoms with Gasteiger partial charge in [-0.1, -0.05) is 13.8 Å². The van der Waals surface area contributed by atoms with E-state index >= 15 is 0 Å². The first-order chi connectivity index (χ1) is 12.9. The van der Waals surface area contributed by atoms with E-state index in [0.717, 1.165) is 0 Å². The number of thiol groups is 1. The molecule has 8 N–H and O–H groups in total. The molecule has 0 aromatic heterocycles. The van der Waals surface area contributed by atoms with Crippen molar-refractivity contribution < 1.29 is 34.5 Å². The Labute approximate surface area is 168 Å². The van der Waals surface area contributed by atoms with Gasteiger partial charge in [0.05, 0.1) is 18.8 Å². The van der Waals surface area contributed by atoms with Crippen LogP contribution in [0.25, 0.3) is 0 Å². The zero-order chi connectivity index (χ0) is 22.0. The maximum absolute atomic E-state index is 12.6. The van der Waals surface area contributed by atoms with Crippen LogP contribution in [0.5, 0.6) is 0 Å². The molecule has 0 aliphatic carbocycles. The van der Waals surface area contributed by atoms with Gasteiger partial charge < -0.3 is 37.0 Å². The second-order valence-electron chi connectivity index (χ2n) is 6.79. The lowest BCUT2D eigenvalue weighted by Crippen LogP contribution is -2.60. The molecule has 0 aliphatic heterocycles. The van der Waals surface area contributed by atoms with Gasteiger partial charge in [0.25, 0.3) is 0 Å². The molecule has 28 heavy (non-hydrogen) atoms. The zero-order valence-electron chi connectivity index (χ0n) is 16.1. The van der Waals surface area contributed by atoms with Crippen LogP contribution in [0.2, 0.25) is 0 Å². The quantitative estimate of drug-likeness (QED) is 0.155. The average Bonchev–Trinajstić information content (AvgIpc) is 2.61. The van der Waals surface area contributed by atoms with Crippen molar-refractivity contribution in [1.82, 2.24) is 16.0 Å². The molecular weight excluding hydrogens is 392 g/mol. The third kappa shape index (κ3) is 8.87. The predicted octanol–water partition coefficient (Wildman–Crippen LogP) is -2.80. The summed E-state index contributed by atoms with van der Waals surface area (Å²) >= 11 is 3.92. The summed E-state index contributed by atoms with van der Waals surface area (Å²) in [4.78, 5) is 47.8. The Morgan fingerprint density at radius 1 is 0.964 bits per heavy atom. The van der Waals surface area contributed by atoms with Crippen LogP contribution in [0.15, 0.2) is 0 Å². The van der Waals surface area contributed by atoms with Gasteiger partial charge in [-0.25, -0.2) is 4.79 Å². The zero-order valence-corrected chi connectivity index (χ0v) is 17.0. The number of nitrogens with one attached hydrogen (secondary N) is 3. The number of nitrogens with two attached hydrogens (primary N) is 1. The van der Waals surface area contributed by atoms with Gasteiger partial charge in [-0.05, 0) is 19.3 Å². The van der Waals surface area contributed by atoms with E-state index < -0.39 is 60.6 Å². The minimum absolute atomic E-state index is 0.00730. The monoisotopic (exact) mass is 422 g/mol. The van der Waals surface area contributed by atoms with Gasteiger partial charge in [0.2, 0.25) is 17.7 Å². The molecule has 3 amide bonds. The van der Waals surface area contributed by atoms with Crippen LogP contribution in [-0.4, -0.2) is 81.6 Å².